The van der Waals surface area contributed by atoms with Gasteiger partial charge in [-0.3, -0.25) is 4.79 Å². The van der Waals surface area contributed by atoms with Gasteiger partial charge < -0.3 is 20.9 Å². The summed E-state index contributed by atoms with van der Waals surface area (Å²) < 4.78 is 18.4. The lowest BCUT2D eigenvalue weighted by Gasteiger charge is -2.15. The number of rotatable bonds is 7. The number of phenolic OH excluding ortho intramolecular Hbond substituents is 1. The second-order valence-corrected chi connectivity index (χ2v) is 3.90. The Balaban J connectivity index is 2.36. The van der Waals surface area contributed by atoms with Gasteiger partial charge in [-0.2, -0.15) is 0 Å². The average Bonchev–Trinajstić information content (AvgIpc) is 2.27. The number of hydrogen-bond acceptors (Lipinski definition) is 4. The zero-order chi connectivity index (χ0) is 13.5. The van der Waals surface area contributed by atoms with Crippen molar-refractivity contribution in [2.75, 3.05) is 19.8 Å². The van der Waals surface area contributed by atoms with Crippen molar-refractivity contribution in [2.24, 2.45) is 5.73 Å². The number of primary amides is 1. The molecule has 1 unspecified atom stereocenters. The highest BCUT2D eigenvalue weighted by molar-refractivity contribution is 5.74. The van der Waals surface area contributed by atoms with Gasteiger partial charge in [-0.15, -0.1) is 0 Å². The Bertz CT molecular complexity index is 412. The summed E-state index contributed by atoms with van der Waals surface area (Å²) in [7, 11) is 0. The standard InChI is InChI=1S/C12H17FN2O3/c1-8(15-4-5-18-7-12(14)17)10-3-2-9(16)6-11(10)13/h2-3,6,8,15-16H,4-5,7H2,1H3,(H2,14,17). The molecule has 6 heteroatoms. The van der Waals surface area contributed by atoms with Crippen LogP contribution in [0.1, 0.15) is 18.5 Å². The highest BCUT2D eigenvalue weighted by Crippen LogP contribution is 2.20. The Hall–Kier alpha value is -1.66. The van der Waals surface area contributed by atoms with E-state index in [-0.39, 0.29) is 18.4 Å². The predicted octanol–water partition coefficient (Wildman–Crippen LogP) is 0.684. The van der Waals surface area contributed by atoms with Gasteiger partial charge in [-0.1, -0.05) is 6.07 Å². The van der Waals surface area contributed by atoms with Crippen LogP contribution in [0.25, 0.3) is 0 Å². The van der Waals surface area contributed by atoms with Crippen molar-refractivity contribution in [1.82, 2.24) is 5.32 Å². The van der Waals surface area contributed by atoms with E-state index in [2.05, 4.69) is 5.32 Å². The molecule has 18 heavy (non-hydrogen) atoms. The highest BCUT2D eigenvalue weighted by atomic mass is 19.1. The Morgan fingerprint density at radius 1 is 1.61 bits per heavy atom. The molecule has 0 aromatic heterocycles. The SMILES string of the molecule is CC(NCCOCC(N)=O)c1ccc(O)cc1F. The number of phenols is 1. The van der Waals surface area contributed by atoms with Gasteiger partial charge in [0.1, 0.15) is 18.2 Å². The number of halogens is 1. The molecule has 1 atom stereocenters. The molecule has 5 nitrogen and oxygen atoms in total. The topological polar surface area (TPSA) is 84.6 Å². The van der Waals surface area contributed by atoms with Crippen molar-refractivity contribution in [1.29, 1.82) is 0 Å². The summed E-state index contributed by atoms with van der Waals surface area (Å²) in [6.45, 7) is 2.45. The van der Waals surface area contributed by atoms with Gasteiger partial charge in [0.25, 0.3) is 0 Å². The maximum Gasteiger partial charge on any atom is 0.243 e. The smallest absolute Gasteiger partial charge is 0.243 e. The quantitative estimate of drug-likeness (QED) is 0.626. The first kappa shape index (κ1) is 14.4. The van der Waals surface area contributed by atoms with E-state index in [1.165, 1.54) is 12.1 Å². The van der Waals surface area contributed by atoms with Crippen molar-refractivity contribution in [3.05, 3.63) is 29.6 Å². The summed E-state index contributed by atoms with van der Waals surface area (Å²) in [6, 6.07) is 3.80. The summed E-state index contributed by atoms with van der Waals surface area (Å²) in [6.07, 6.45) is 0. The van der Waals surface area contributed by atoms with Gasteiger partial charge in [-0.25, -0.2) is 4.39 Å². The molecule has 4 N–H and O–H groups in total. The molecule has 0 aliphatic rings. The fourth-order valence-electron chi connectivity index (χ4n) is 1.50. The highest BCUT2D eigenvalue weighted by Gasteiger charge is 2.10. The third-order valence-corrected chi connectivity index (χ3v) is 2.39. The largest absolute Gasteiger partial charge is 0.508 e. The Morgan fingerprint density at radius 3 is 2.94 bits per heavy atom. The van der Waals surface area contributed by atoms with Gasteiger partial charge in [-0.05, 0) is 13.0 Å². The van der Waals surface area contributed by atoms with Gasteiger partial charge >= 0.3 is 0 Å². The van der Waals surface area contributed by atoms with Crippen LogP contribution in [-0.2, 0) is 9.53 Å². The van der Waals surface area contributed by atoms with E-state index in [0.29, 0.717) is 18.7 Å². The zero-order valence-electron chi connectivity index (χ0n) is 10.1. The number of nitrogens with two attached hydrogens (primary N) is 1. The summed E-state index contributed by atoms with van der Waals surface area (Å²) in [5.74, 6) is -1.09. The van der Waals surface area contributed by atoms with Crippen molar-refractivity contribution >= 4 is 5.91 Å². The van der Waals surface area contributed by atoms with Crippen molar-refractivity contribution in [3.8, 4) is 5.75 Å². The first-order chi connectivity index (χ1) is 8.50. The van der Waals surface area contributed by atoms with Gasteiger partial charge in [0, 0.05) is 24.2 Å². The average molecular weight is 256 g/mol. The van der Waals surface area contributed by atoms with Crippen molar-refractivity contribution in [2.45, 2.75) is 13.0 Å². The molecular formula is C12H17FN2O3. The number of amides is 1. The normalized spacial score (nSPS) is 12.3. The van der Waals surface area contributed by atoms with Crippen LogP contribution in [-0.4, -0.2) is 30.8 Å². The van der Waals surface area contributed by atoms with Crippen LogP contribution in [0, 0.1) is 5.82 Å². The Labute approximate surface area is 105 Å². The van der Waals surface area contributed by atoms with Crippen LogP contribution in [0.15, 0.2) is 18.2 Å². The first-order valence-electron chi connectivity index (χ1n) is 5.58. The second kappa shape index (κ2) is 6.93. The summed E-state index contributed by atoms with van der Waals surface area (Å²) in [5, 5.41) is 12.1. The summed E-state index contributed by atoms with van der Waals surface area (Å²) >= 11 is 0. The lowest BCUT2D eigenvalue weighted by atomic mass is 10.1. The van der Waals surface area contributed by atoms with E-state index >= 15 is 0 Å². The molecule has 1 aromatic rings. The third kappa shape index (κ3) is 4.68. The lowest BCUT2D eigenvalue weighted by molar-refractivity contribution is -0.122. The zero-order valence-corrected chi connectivity index (χ0v) is 10.1. The van der Waals surface area contributed by atoms with Crippen LogP contribution in [0.5, 0.6) is 5.75 Å². The van der Waals surface area contributed by atoms with Crippen LogP contribution >= 0.6 is 0 Å². The Morgan fingerprint density at radius 2 is 2.33 bits per heavy atom. The summed E-state index contributed by atoms with van der Waals surface area (Å²) in [4.78, 5) is 10.4. The minimum absolute atomic E-state index is 0.103. The molecular weight excluding hydrogens is 239 g/mol. The molecule has 0 saturated heterocycles. The van der Waals surface area contributed by atoms with E-state index in [1.807, 2.05) is 0 Å². The lowest BCUT2D eigenvalue weighted by Crippen LogP contribution is -2.26. The fraction of sp³-hybridized carbons (Fsp3) is 0.417. The Kier molecular flexibility index (Phi) is 5.54. The van der Waals surface area contributed by atoms with E-state index in [0.717, 1.165) is 6.07 Å². The molecule has 0 saturated carbocycles. The second-order valence-electron chi connectivity index (χ2n) is 3.90. The molecule has 0 aliphatic heterocycles. The van der Waals surface area contributed by atoms with Gasteiger partial charge in [0.2, 0.25) is 5.91 Å². The van der Waals surface area contributed by atoms with E-state index in [4.69, 9.17) is 15.6 Å². The molecule has 1 rings (SSSR count). The van der Waals surface area contributed by atoms with Crippen LogP contribution < -0.4 is 11.1 Å². The molecule has 0 bridgehead atoms. The fourth-order valence-corrected chi connectivity index (χ4v) is 1.50. The number of hydrogen-bond donors (Lipinski definition) is 3. The molecule has 0 radical (unpaired) electrons. The monoisotopic (exact) mass is 256 g/mol. The molecule has 1 amide bonds. The van der Waals surface area contributed by atoms with Crippen molar-refractivity contribution < 1.29 is 19.0 Å². The van der Waals surface area contributed by atoms with Crippen LogP contribution in [0.2, 0.25) is 0 Å². The van der Waals surface area contributed by atoms with E-state index < -0.39 is 11.7 Å². The maximum atomic E-state index is 13.5. The number of carbonyl (C=O) groups is 1. The van der Waals surface area contributed by atoms with E-state index in [1.54, 1.807) is 6.92 Å². The number of benzene rings is 1. The number of aromatic hydroxyl groups is 1. The molecule has 100 valence electrons. The number of carbonyl (C=O) groups excluding carboxylic acids is 1. The van der Waals surface area contributed by atoms with Crippen LogP contribution in [0.3, 0.4) is 0 Å². The minimum atomic E-state index is -0.521. The number of nitrogens with one attached hydrogen (secondary N) is 1. The summed E-state index contributed by atoms with van der Waals surface area (Å²) in [5.41, 5.74) is 5.36. The van der Waals surface area contributed by atoms with Gasteiger partial charge in [0.05, 0.1) is 6.61 Å². The van der Waals surface area contributed by atoms with Gasteiger partial charge in [0.15, 0.2) is 0 Å². The first-order valence-corrected chi connectivity index (χ1v) is 5.58. The van der Waals surface area contributed by atoms with Crippen LogP contribution in [0.4, 0.5) is 4.39 Å². The maximum absolute atomic E-state index is 13.5. The third-order valence-electron chi connectivity index (χ3n) is 2.39. The molecule has 1 aromatic carbocycles. The minimum Gasteiger partial charge on any atom is -0.508 e. The number of ether oxygens (including phenoxy) is 1. The molecule has 0 heterocycles. The molecule has 0 fully saturated rings. The molecule has 0 aliphatic carbocycles. The van der Waals surface area contributed by atoms with Crippen molar-refractivity contribution in [3.63, 3.8) is 0 Å². The predicted molar refractivity (Wildman–Crippen MR) is 64.5 cm³/mol. The van der Waals surface area contributed by atoms with E-state index in [9.17, 15) is 9.18 Å². The molecule has 0 spiro atoms.